The number of aryl methyl sites for hydroxylation is 1. The number of hydrogen-bond donors (Lipinski definition) is 3. The zero-order chi connectivity index (χ0) is 17.1. The van der Waals surface area contributed by atoms with E-state index in [0.717, 1.165) is 18.5 Å². The number of amides is 1. The SMILES string of the molecule is CCCNC(=O)CCNC(=NCc1ccc(C)c(F)c1)NCC. The molecule has 0 fully saturated rings. The van der Waals surface area contributed by atoms with Crippen LogP contribution in [-0.4, -0.2) is 31.5 Å². The number of carbonyl (C=O) groups is 1. The lowest BCUT2D eigenvalue weighted by atomic mass is 10.1. The van der Waals surface area contributed by atoms with Crippen LogP contribution >= 0.6 is 0 Å². The van der Waals surface area contributed by atoms with Crippen LogP contribution in [0.2, 0.25) is 0 Å². The van der Waals surface area contributed by atoms with E-state index in [0.29, 0.717) is 37.6 Å². The van der Waals surface area contributed by atoms with Gasteiger partial charge in [-0.1, -0.05) is 19.1 Å². The van der Waals surface area contributed by atoms with E-state index >= 15 is 0 Å². The van der Waals surface area contributed by atoms with Crippen molar-refractivity contribution in [2.75, 3.05) is 19.6 Å². The minimum atomic E-state index is -0.219. The summed E-state index contributed by atoms with van der Waals surface area (Å²) in [6, 6.07) is 5.11. The molecule has 0 aliphatic heterocycles. The Morgan fingerprint density at radius 2 is 1.96 bits per heavy atom. The summed E-state index contributed by atoms with van der Waals surface area (Å²) >= 11 is 0. The second-order valence-electron chi connectivity index (χ2n) is 5.31. The number of aliphatic imine (C=N–C) groups is 1. The van der Waals surface area contributed by atoms with Crippen LogP contribution in [0.25, 0.3) is 0 Å². The zero-order valence-electron chi connectivity index (χ0n) is 14.2. The van der Waals surface area contributed by atoms with Gasteiger partial charge in [-0.15, -0.1) is 0 Å². The topological polar surface area (TPSA) is 65.5 Å². The van der Waals surface area contributed by atoms with Gasteiger partial charge < -0.3 is 16.0 Å². The smallest absolute Gasteiger partial charge is 0.221 e. The van der Waals surface area contributed by atoms with Gasteiger partial charge in [0.2, 0.25) is 5.91 Å². The monoisotopic (exact) mass is 322 g/mol. The maximum Gasteiger partial charge on any atom is 0.221 e. The third kappa shape index (κ3) is 7.63. The first-order valence-corrected chi connectivity index (χ1v) is 8.10. The number of carbonyl (C=O) groups excluding carboxylic acids is 1. The number of halogens is 1. The first-order chi connectivity index (χ1) is 11.1. The number of nitrogens with one attached hydrogen (secondary N) is 3. The minimum absolute atomic E-state index is 0.0239. The summed E-state index contributed by atoms with van der Waals surface area (Å²) in [5, 5.41) is 9.04. The summed E-state index contributed by atoms with van der Waals surface area (Å²) in [5.74, 6) is 0.427. The Kier molecular flexibility index (Phi) is 8.72. The summed E-state index contributed by atoms with van der Waals surface area (Å²) in [4.78, 5) is 15.9. The molecular formula is C17H27FN4O. The van der Waals surface area contributed by atoms with Crippen LogP contribution in [0.3, 0.4) is 0 Å². The molecule has 0 aromatic heterocycles. The molecule has 1 rings (SSSR count). The largest absolute Gasteiger partial charge is 0.357 e. The van der Waals surface area contributed by atoms with Crippen molar-refractivity contribution < 1.29 is 9.18 Å². The molecule has 0 spiro atoms. The lowest BCUT2D eigenvalue weighted by molar-refractivity contribution is -0.120. The molecule has 0 saturated heterocycles. The molecule has 3 N–H and O–H groups in total. The molecule has 5 nitrogen and oxygen atoms in total. The minimum Gasteiger partial charge on any atom is -0.357 e. The van der Waals surface area contributed by atoms with E-state index in [-0.39, 0.29) is 11.7 Å². The fourth-order valence-corrected chi connectivity index (χ4v) is 1.89. The molecule has 23 heavy (non-hydrogen) atoms. The van der Waals surface area contributed by atoms with Crippen LogP contribution in [0.4, 0.5) is 4.39 Å². The van der Waals surface area contributed by atoms with Gasteiger partial charge in [0.05, 0.1) is 6.54 Å². The van der Waals surface area contributed by atoms with E-state index in [2.05, 4.69) is 20.9 Å². The lowest BCUT2D eigenvalue weighted by Crippen LogP contribution is -2.39. The molecule has 1 aromatic carbocycles. The Morgan fingerprint density at radius 1 is 1.17 bits per heavy atom. The van der Waals surface area contributed by atoms with E-state index in [4.69, 9.17) is 0 Å². The van der Waals surface area contributed by atoms with E-state index in [9.17, 15) is 9.18 Å². The summed E-state index contributed by atoms with van der Waals surface area (Å²) < 4.78 is 13.5. The fraction of sp³-hybridized carbons (Fsp3) is 0.529. The second-order valence-corrected chi connectivity index (χ2v) is 5.31. The highest BCUT2D eigenvalue weighted by Crippen LogP contribution is 2.09. The van der Waals surface area contributed by atoms with E-state index in [1.807, 2.05) is 19.9 Å². The van der Waals surface area contributed by atoms with Crippen molar-refractivity contribution in [1.82, 2.24) is 16.0 Å². The number of rotatable bonds is 8. The van der Waals surface area contributed by atoms with Gasteiger partial charge >= 0.3 is 0 Å². The van der Waals surface area contributed by atoms with Crippen LogP contribution in [0.5, 0.6) is 0 Å². The van der Waals surface area contributed by atoms with Gasteiger partial charge in [-0.3, -0.25) is 4.79 Å². The lowest BCUT2D eigenvalue weighted by Gasteiger charge is -2.11. The van der Waals surface area contributed by atoms with Crippen LogP contribution in [0.15, 0.2) is 23.2 Å². The van der Waals surface area contributed by atoms with Crippen molar-refractivity contribution in [3.8, 4) is 0 Å². The van der Waals surface area contributed by atoms with Crippen LogP contribution < -0.4 is 16.0 Å². The number of nitrogens with zero attached hydrogens (tertiary/aromatic N) is 1. The van der Waals surface area contributed by atoms with Gasteiger partial charge in [0.25, 0.3) is 0 Å². The van der Waals surface area contributed by atoms with Crippen molar-refractivity contribution in [3.05, 3.63) is 35.1 Å². The Morgan fingerprint density at radius 3 is 2.61 bits per heavy atom. The summed E-state index contributed by atoms with van der Waals surface area (Å²) in [6.45, 7) is 8.02. The normalized spacial score (nSPS) is 11.2. The van der Waals surface area contributed by atoms with Crippen molar-refractivity contribution in [1.29, 1.82) is 0 Å². The van der Waals surface area contributed by atoms with E-state index in [1.54, 1.807) is 13.0 Å². The highest BCUT2D eigenvalue weighted by atomic mass is 19.1. The molecule has 128 valence electrons. The van der Waals surface area contributed by atoms with Crippen molar-refractivity contribution in [3.63, 3.8) is 0 Å². The molecule has 0 heterocycles. The summed E-state index contributed by atoms with van der Waals surface area (Å²) in [5.41, 5.74) is 1.44. The van der Waals surface area contributed by atoms with Gasteiger partial charge in [-0.25, -0.2) is 9.38 Å². The van der Waals surface area contributed by atoms with Gasteiger partial charge in [0.1, 0.15) is 5.82 Å². The van der Waals surface area contributed by atoms with Gasteiger partial charge in [-0.2, -0.15) is 0 Å². The Labute approximate surface area is 137 Å². The molecule has 1 aromatic rings. The average Bonchev–Trinajstić information content (AvgIpc) is 2.53. The van der Waals surface area contributed by atoms with E-state index in [1.165, 1.54) is 6.07 Å². The average molecular weight is 322 g/mol. The quantitative estimate of drug-likeness (QED) is 0.507. The highest BCUT2D eigenvalue weighted by Gasteiger charge is 2.03. The zero-order valence-corrected chi connectivity index (χ0v) is 14.2. The third-order valence-electron chi connectivity index (χ3n) is 3.22. The maximum atomic E-state index is 13.5. The standard InChI is InChI=1S/C17H27FN4O/c1-4-9-20-16(23)8-10-21-17(19-5-2)22-12-14-7-6-13(3)15(18)11-14/h6-7,11H,4-5,8-10,12H2,1-3H3,(H,20,23)(H2,19,21,22). The molecular weight excluding hydrogens is 295 g/mol. The van der Waals surface area contributed by atoms with E-state index < -0.39 is 0 Å². The first-order valence-electron chi connectivity index (χ1n) is 8.10. The second kappa shape index (κ2) is 10.6. The molecule has 1 amide bonds. The first kappa shape index (κ1) is 18.9. The number of guanidine groups is 1. The predicted octanol–water partition coefficient (Wildman–Crippen LogP) is 2.11. The maximum absolute atomic E-state index is 13.5. The molecule has 0 atom stereocenters. The van der Waals surface area contributed by atoms with Gasteiger partial charge in [-0.05, 0) is 37.5 Å². The predicted molar refractivity (Wildman–Crippen MR) is 91.9 cm³/mol. The third-order valence-corrected chi connectivity index (χ3v) is 3.22. The van der Waals surface area contributed by atoms with Crippen LogP contribution in [-0.2, 0) is 11.3 Å². The molecule has 0 bridgehead atoms. The molecule has 0 radical (unpaired) electrons. The fourth-order valence-electron chi connectivity index (χ4n) is 1.89. The Balaban J connectivity index is 2.49. The molecule has 0 aliphatic rings. The van der Waals surface area contributed by atoms with Gasteiger partial charge in [0, 0.05) is 26.1 Å². The highest BCUT2D eigenvalue weighted by molar-refractivity contribution is 5.81. The van der Waals surface area contributed by atoms with Crippen molar-refractivity contribution >= 4 is 11.9 Å². The number of hydrogen-bond acceptors (Lipinski definition) is 2. The van der Waals surface area contributed by atoms with Crippen LogP contribution in [0, 0.1) is 12.7 Å². The summed E-state index contributed by atoms with van der Waals surface area (Å²) in [6.07, 6.45) is 1.32. The number of benzene rings is 1. The van der Waals surface area contributed by atoms with Gasteiger partial charge in [0.15, 0.2) is 5.96 Å². The Bertz CT molecular complexity index is 531. The van der Waals surface area contributed by atoms with Crippen molar-refractivity contribution in [2.45, 2.75) is 40.2 Å². The Hall–Kier alpha value is -2.11. The molecule has 0 saturated carbocycles. The van der Waals surface area contributed by atoms with Crippen molar-refractivity contribution in [2.24, 2.45) is 4.99 Å². The molecule has 6 heteroatoms. The molecule has 0 unspecified atom stereocenters. The summed E-state index contributed by atoms with van der Waals surface area (Å²) in [7, 11) is 0. The molecule has 0 aliphatic carbocycles. The van der Waals surface area contributed by atoms with Crippen LogP contribution in [0.1, 0.15) is 37.8 Å².